The summed E-state index contributed by atoms with van der Waals surface area (Å²) in [5.74, 6) is 0.347. The summed E-state index contributed by atoms with van der Waals surface area (Å²) >= 11 is 3.33. The van der Waals surface area contributed by atoms with Crippen molar-refractivity contribution in [1.82, 2.24) is 0 Å². The minimum absolute atomic E-state index is 0.361. The first-order chi connectivity index (χ1) is 9.69. The third-order valence-electron chi connectivity index (χ3n) is 2.52. The van der Waals surface area contributed by atoms with Crippen molar-refractivity contribution in [2.45, 2.75) is 6.61 Å². The lowest BCUT2D eigenvalue weighted by atomic mass is 10.2. The van der Waals surface area contributed by atoms with Crippen LogP contribution in [0.2, 0.25) is 0 Å². The smallest absolute Gasteiger partial charge is 0.335 e. The van der Waals surface area contributed by atoms with Crippen molar-refractivity contribution in [2.75, 3.05) is 0 Å². The predicted molar refractivity (Wildman–Crippen MR) is 80.7 cm³/mol. The minimum Gasteiger partial charge on any atom is -0.485 e. The molecule has 4 heteroatoms. The predicted octanol–water partition coefficient (Wildman–Crippen LogP) is 4.12. The summed E-state index contributed by atoms with van der Waals surface area (Å²) < 4.78 is 11.6. The lowest BCUT2D eigenvalue weighted by molar-refractivity contribution is -0.129. The normalized spacial score (nSPS) is 9.85. The molecule has 0 spiro atoms. The highest BCUT2D eigenvalue weighted by Crippen LogP contribution is 2.31. The first-order valence-corrected chi connectivity index (χ1v) is 6.79. The van der Waals surface area contributed by atoms with Crippen LogP contribution in [0.25, 0.3) is 0 Å². The molecule has 0 saturated heterocycles. The fourth-order valence-electron chi connectivity index (χ4n) is 1.57. The van der Waals surface area contributed by atoms with Gasteiger partial charge in [-0.15, -0.1) is 0 Å². The Morgan fingerprint density at radius 2 is 1.90 bits per heavy atom. The maximum Gasteiger partial charge on any atom is 0.335 e. The van der Waals surface area contributed by atoms with E-state index in [0.29, 0.717) is 18.1 Å². The van der Waals surface area contributed by atoms with Gasteiger partial charge in [0.2, 0.25) is 0 Å². The van der Waals surface area contributed by atoms with Gasteiger partial charge in [-0.05, 0) is 23.8 Å². The molecular formula is C16H13BrO3. The number of rotatable bonds is 5. The number of hydrogen-bond donors (Lipinski definition) is 0. The van der Waals surface area contributed by atoms with E-state index in [0.717, 1.165) is 16.1 Å². The lowest BCUT2D eigenvalue weighted by Crippen LogP contribution is -2.05. The third kappa shape index (κ3) is 3.96. The second kappa shape index (κ2) is 6.91. The summed E-state index contributed by atoms with van der Waals surface area (Å²) in [6.45, 7) is 3.78. The van der Waals surface area contributed by atoms with Gasteiger partial charge in [0.05, 0.1) is 0 Å². The van der Waals surface area contributed by atoms with Crippen LogP contribution in [-0.2, 0) is 11.4 Å². The SMILES string of the molecule is C=CC(=O)Oc1cc(Br)ccc1OCc1ccccc1. The van der Waals surface area contributed by atoms with Crippen molar-refractivity contribution in [3.05, 3.63) is 71.2 Å². The molecule has 0 aliphatic heterocycles. The van der Waals surface area contributed by atoms with Crippen LogP contribution in [0.4, 0.5) is 0 Å². The van der Waals surface area contributed by atoms with E-state index in [-0.39, 0.29) is 0 Å². The number of halogens is 1. The van der Waals surface area contributed by atoms with Crippen molar-refractivity contribution < 1.29 is 14.3 Å². The Labute approximate surface area is 126 Å². The fourth-order valence-corrected chi connectivity index (χ4v) is 1.91. The molecule has 0 N–H and O–H groups in total. The quantitative estimate of drug-likeness (QED) is 0.469. The van der Waals surface area contributed by atoms with E-state index >= 15 is 0 Å². The van der Waals surface area contributed by atoms with Crippen molar-refractivity contribution in [3.63, 3.8) is 0 Å². The van der Waals surface area contributed by atoms with E-state index in [1.165, 1.54) is 0 Å². The molecule has 2 aromatic rings. The van der Waals surface area contributed by atoms with E-state index in [2.05, 4.69) is 22.5 Å². The summed E-state index contributed by atoms with van der Waals surface area (Å²) in [7, 11) is 0. The Kier molecular flexibility index (Phi) is 4.96. The molecule has 0 unspecified atom stereocenters. The molecule has 0 aromatic heterocycles. The van der Waals surface area contributed by atoms with Gasteiger partial charge in [-0.3, -0.25) is 0 Å². The van der Waals surface area contributed by atoms with Gasteiger partial charge in [-0.25, -0.2) is 4.79 Å². The number of carbonyl (C=O) groups is 1. The molecule has 0 aliphatic rings. The van der Waals surface area contributed by atoms with Gasteiger partial charge in [-0.1, -0.05) is 52.8 Å². The second-order valence-corrected chi connectivity index (χ2v) is 4.91. The summed E-state index contributed by atoms with van der Waals surface area (Å²) in [4.78, 5) is 11.3. The zero-order valence-corrected chi connectivity index (χ0v) is 12.3. The Morgan fingerprint density at radius 1 is 1.15 bits per heavy atom. The van der Waals surface area contributed by atoms with Crippen LogP contribution in [0.15, 0.2) is 65.7 Å². The standard InChI is InChI=1S/C16H13BrO3/c1-2-16(18)20-15-10-13(17)8-9-14(15)19-11-12-6-4-3-5-7-12/h2-10H,1,11H2. The minimum atomic E-state index is -0.521. The second-order valence-electron chi connectivity index (χ2n) is 3.99. The van der Waals surface area contributed by atoms with E-state index in [1.807, 2.05) is 36.4 Å². The highest BCUT2D eigenvalue weighted by atomic mass is 79.9. The zero-order valence-electron chi connectivity index (χ0n) is 10.7. The molecule has 3 nitrogen and oxygen atoms in total. The molecule has 2 aromatic carbocycles. The highest BCUT2D eigenvalue weighted by molar-refractivity contribution is 9.10. The van der Waals surface area contributed by atoms with Gasteiger partial charge in [-0.2, -0.15) is 0 Å². The van der Waals surface area contributed by atoms with Crippen molar-refractivity contribution >= 4 is 21.9 Å². The molecule has 0 aliphatic carbocycles. The Balaban J connectivity index is 2.14. The molecule has 0 atom stereocenters. The molecule has 0 fully saturated rings. The largest absolute Gasteiger partial charge is 0.485 e. The molecule has 0 amide bonds. The lowest BCUT2D eigenvalue weighted by Gasteiger charge is -2.11. The molecule has 0 bridgehead atoms. The van der Waals surface area contributed by atoms with E-state index in [4.69, 9.17) is 9.47 Å². The molecule has 0 radical (unpaired) electrons. The maximum absolute atomic E-state index is 11.3. The monoisotopic (exact) mass is 332 g/mol. The Morgan fingerprint density at radius 3 is 2.60 bits per heavy atom. The van der Waals surface area contributed by atoms with Crippen LogP contribution in [0.3, 0.4) is 0 Å². The summed E-state index contributed by atoms with van der Waals surface area (Å²) in [5, 5.41) is 0. The highest BCUT2D eigenvalue weighted by Gasteiger charge is 2.09. The molecule has 102 valence electrons. The zero-order chi connectivity index (χ0) is 14.4. The van der Waals surface area contributed by atoms with Crippen LogP contribution in [0.1, 0.15) is 5.56 Å². The van der Waals surface area contributed by atoms with Gasteiger partial charge < -0.3 is 9.47 Å². The van der Waals surface area contributed by atoms with Crippen LogP contribution >= 0.6 is 15.9 Å². The summed E-state index contributed by atoms with van der Waals surface area (Å²) in [6.07, 6.45) is 1.11. The van der Waals surface area contributed by atoms with E-state index in [1.54, 1.807) is 12.1 Å². The first-order valence-electron chi connectivity index (χ1n) is 5.99. The van der Waals surface area contributed by atoms with Crippen molar-refractivity contribution in [2.24, 2.45) is 0 Å². The van der Waals surface area contributed by atoms with Crippen LogP contribution < -0.4 is 9.47 Å². The van der Waals surface area contributed by atoms with Crippen molar-refractivity contribution in [1.29, 1.82) is 0 Å². The summed E-state index contributed by atoms with van der Waals surface area (Å²) in [6, 6.07) is 15.0. The number of hydrogen-bond acceptors (Lipinski definition) is 3. The van der Waals surface area contributed by atoms with Crippen LogP contribution in [0, 0.1) is 0 Å². The summed E-state index contributed by atoms with van der Waals surface area (Å²) in [5.41, 5.74) is 1.04. The maximum atomic E-state index is 11.3. The number of ether oxygens (including phenoxy) is 2. The van der Waals surface area contributed by atoms with Crippen LogP contribution in [-0.4, -0.2) is 5.97 Å². The molecular weight excluding hydrogens is 320 g/mol. The van der Waals surface area contributed by atoms with Gasteiger partial charge >= 0.3 is 5.97 Å². The van der Waals surface area contributed by atoms with E-state index in [9.17, 15) is 4.79 Å². The Bertz CT molecular complexity index is 608. The van der Waals surface area contributed by atoms with Gasteiger partial charge in [0, 0.05) is 10.5 Å². The number of carbonyl (C=O) groups excluding carboxylic acids is 1. The van der Waals surface area contributed by atoms with Crippen LogP contribution in [0.5, 0.6) is 11.5 Å². The average molecular weight is 333 g/mol. The first kappa shape index (κ1) is 14.3. The van der Waals surface area contributed by atoms with E-state index < -0.39 is 5.97 Å². The third-order valence-corrected chi connectivity index (χ3v) is 3.01. The Hall–Kier alpha value is -2.07. The number of esters is 1. The molecule has 0 heterocycles. The fraction of sp³-hybridized carbons (Fsp3) is 0.0625. The molecule has 2 rings (SSSR count). The molecule has 20 heavy (non-hydrogen) atoms. The molecule has 0 saturated carbocycles. The topological polar surface area (TPSA) is 35.5 Å². The van der Waals surface area contributed by atoms with Gasteiger partial charge in [0.1, 0.15) is 6.61 Å². The van der Waals surface area contributed by atoms with Gasteiger partial charge in [0.25, 0.3) is 0 Å². The number of benzene rings is 2. The average Bonchev–Trinajstić information content (AvgIpc) is 2.47. The van der Waals surface area contributed by atoms with Gasteiger partial charge in [0.15, 0.2) is 11.5 Å². The van der Waals surface area contributed by atoms with Crippen molar-refractivity contribution in [3.8, 4) is 11.5 Å².